The van der Waals surface area contributed by atoms with Gasteiger partial charge in [-0.05, 0) is 50.2 Å². The third-order valence-electron chi connectivity index (χ3n) is 13.3. The summed E-state index contributed by atoms with van der Waals surface area (Å²) in [6, 6.07) is 17.8. The van der Waals surface area contributed by atoms with Gasteiger partial charge in [0.25, 0.3) is 0 Å². The molecule has 19 heteroatoms. The number of esters is 8. The van der Waals surface area contributed by atoms with E-state index in [4.69, 9.17) is 42.6 Å². The minimum absolute atomic E-state index is 0.0377. The van der Waals surface area contributed by atoms with Crippen LogP contribution in [0.15, 0.2) is 79.0 Å². The smallest absolute Gasteiger partial charge is 0.340 e. The molecule has 0 unspecified atom stereocenters. The SMILES string of the molecule is CC(=O)OC[C@]12[C@H](OC(C)=O)[C@H](OC(C)=O)[C@@H]3[C@@H](OC(=O)c4ccccc4)[C@]14O[C@@]3(C)COC(=O)c1cccnc1[C@H](C)[C@H](C)C(=O)O[C@@H]([C@H](OC(C)=O)[C@@H]2OC(=O)c1ccccc1)[C@]4(C)O. The molecule has 356 valence electrons. The van der Waals surface area contributed by atoms with E-state index in [0.29, 0.717) is 0 Å². The van der Waals surface area contributed by atoms with E-state index in [0.717, 1.165) is 34.6 Å². The first-order chi connectivity index (χ1) is 31.6. The van der Waals surface area contributed by atoms with E-state index in [1.807, 2.05) is 0 Å². The fourth-order valence-corrected chi connectivity index (χ4v) is 10.4. The molecule has 3 aromatic rings. The van der Waals surface area contributed by atoms with E-state index in [1.54, 1.807) is 31.2 Å². The second kappa shape index (κ2) is 18.2. The summed E-state index contributed by atoms with van der Waals surface area (Å²) in [4.78, 5) is 116. The quantitative estimate of drug-likeness (QED) is 0.238. The number of nitrogens with zero attached hydrogens (tertiary/aromatic N) is 1. The number of pyridine rings is 1. The average molecular weight is 930 g/mol. The normalized spacial score (nSPS) is 34.1. The van der Waals surface area contributed by atoms with Crippen molar-refractivity contribution in [2.24, 2.45) is 17.3 Å². The molecule has 2 saturated carbocycles. The summed E-state index contributed by atoms with van der Waals surface area (Å²) >= 11 is 0. The second-order valence-electron chi connectivity index (χ2n) is 17.7. The van der Waals surface area contributed by atoms with E-state index in [9.17, 15) is 43.5 Å². The Bertz CT molecular complexity index is 2460. The molecule has 1 saturated heterocycles. The number of hydrogen-bond acceptors (Lipinski definition) is 19. The number of carbonyl (C=O) groups excluding carboxylic acids is 8. The van der Waals surface area contributed by atoms with Gasteiger partial charge in [0, 0.05) is 39.8 Å². The lowest BCUT2D eigenvalue weighted by Gasteiger charge is -2.67. The maximum absolute atomic E-state index is 14.8. The second-order valence-corrected chi connectivity index (χ2v) is 17.7. The maximum Gasteiger partial charge on any atom is 0.340 e. The van der Waals surface area contributed by atoms with E-state index in [2.05, 4.69) is 4.98 Å². The molecule has 1 N–H and O–H groups in total. The van der Waals surface area contributed by atoms with Gasteiger partial charge in [-0.1, -0.05) is 50.2 Å². The van der Waals surface area contributed by atoms with Crippen LogP contribution >= 0.6 is 0 Å². The Balaban J connectivity index is 1.65. The van der Waals surface area contributed by atoms with Crippen molar-refractivity contribution in [3.63, 3.8) is 0 Å². The van der Waals surface area contributed by atoms with Crippen molar-refractivity contribution in [3.05, 3.63) is 101 Å². The molecule has 0 amide bonds. The van der Waals surface area contributed by atoms with Gasteiger partial charge in [0.05, 0.1) is 34.2 Å². The van der Waals surface area contributed by atoms with Crippen molar-refractivity contribution in [2.75, 3.05) is 13.2 Å². The zero-order chi connectivity index (χ0) is 48.8. The van der Waals surface area contributed by atoms with Crippen LogP contribution in [0, 0.1) is 17.3 Å². The van der Waals surface area contributed by atoms with Gasteiger partial charge in [-0.25, -0.2) is 14.4 Å². The standard InChI is InChI=1S/C48H51NO18/c1-24-25(2)41(54)65-38-36(62-28(5)52)40(66-43(56)31-18-13-10-14-19-31)47(23-59-26(3)50)39(63-29(6)53)35(61-27(4)51)33-37(64-42(55)30-16-11-9-12-17-30)48(47,46(38,8)58)67-45(33,7)22-60-44(57)32-20-15-21-49-34(24)32/h9-21,24-25,33,35-40,58H,22-23H2,1-8H3/t24-,25+,33-,35-,36+,37-,38+,39-,40+,45+,46+,47-,48-/m1/s1. The summed E-state index contributed by atoms with van der Waals surface area (Å²) in [7, 11) is 0. The van der Waals surface area contributed by atoms with Crippen molar-refractivity contribution >= 4 is 47.8 Å². The van der Waals surface area contributed by atoms with E-state index in [-0.39, 0.29) is 22.4 Å². The molecule has 4 aliphatic rings. The summed E-state index contributed by atoms with van der Waals surface area (Å²) < 4.78 is 56.6. The lowest BCUT2D eigenvalue weighted by atomic mass is 9.45. The molecule has 0 radical (unpaired) electrons. The van der Waals surface area contributed by atoms with Gasteiger partial charge in [0.2, 0.25) is 0 Å². The Morgan fingerprint density at radius 3 is 1.78 bits per heavy atom. The van der Waals surface area contributed by atoms with E-state index in [1.165, 1.54) is 68.6 Å². The zero-order valence-corrected chi connectivity index (χ0v) is 38.0. The van der Waals surface area contributed by atoms with Gasteiger partial charge in [0.15, 0.2) is 30.0 Å². The number of hydrogen-bond donors (Lipinski definition) is 1. The summed E-state index contributed by atoms with van der Waals surface area (Å²) in [6.07, 6.45) is -11.1. The van der Waals surface area contributed by atoms with Gasteiger partial charge in [-0.3, -0.25) is 29.0 Å². The third kappa shape index (κ3) is 8.17. The van der Waals surface area contributed by atoms with E-state index >= 15 is 0 Å². The molecule has 13 atom stereocenters. The van der Waals surface area contributed by atoms with Gasteiger partial charge in [-0.15, -0.1) is 0 Å². The van der Waals surface area contributed by atoms with Gasteiger partial charge >= 0.3 is 47.8 Å². The Labute approximate surface area is 384 Å². The monoisotopic (exact) mass is 929 g/mol. The lowest BCUT2D eigenvalue weighted by molar-refractivity contribution is -0.385. The molecule has 2 aliphatic heterocycles. The number of aromatic nitrogens is 1. The van der Waals surface area contributed by atoms with Crippen LogP contribution in [0.3, 0.4) is 0 Å². The van der Waals surface area contributed by atoms with Gasteiger partial charge < -0.3 is 47.7 Å². The van der Waals surface area contributed by atoms with Crippen LogP contribution in [0.25, 0.3) is 0 Å². The molecule has 1 aromatic heterocycles. The first-order valence-corrected chi connectivity index (χ1v) is 21.5. The summed E-state index contributed by atoms with van der Waals surface area (Å²) in [5.41, 5.74) is -10.7. The van der Waals surface area contributed by atoms with Gasteiger partial charge in [-0.2, -0.15) is 0 Å². The number of aliphatic hydroxyl groups is 1. The molecule has 1 spiro atoms. The highest BCUT2D eigenvalue weighted by atomic mass is 16.7. The maximum atomic E-state index is 14.8. The fourth-order valence-electron chi connectivity index (χ4n) is 10.4. The Kier molecular flexibility index (Phi) is 13.1. The largest absolute Gasteiger partial charge is 0.465 e. The van der Waals surface area contributed by atoms with Crippen LogP contribution in [0.5, 0.6) is 0 Å². The topological polar surface area (TPSA) is 253 Å². The van der Waals surface area contributed by atoms with Crippen LogP contribution in [-0.2, 0) is 66.6 Å². The van der Waals surface area contributed by atoms with Crippen LogP contribution in [0.1, 0.15) is 98.1 Å². The minimum Gasteiger partial charge on any atom is -0.465 e. The molecule has 2 aliphatic carbocycles. The molecule has 3 fully saturated rings. The first-order valence-electron chi connectivity index (χ1n) is 21.5. The molecule has 4 bridgehead atoms. The van der Waals surface area contributed by atoms with Crippen LogP contribution in [0.2, 0.25) is 0 Å². The predicted octanol–water partition coefficient (Wildman–Crippen LogP) is 3.62. The number of benzene rings is 2. The Hall–Kier alpha value is -6.73. The number of rotatable bonds is 9. The van der Waals surface area contributed by atoms with Crippen LogP contribution in [-0.4, -0.2) is 124 Å². The minimum atomic E-state index is -2.91. The lowest BCUT2D eigenvalue weighted by Crippen LogP contribution is -2.89. The van der Waals surface area contributed by atoms with Crippen LogP contribution < -0.4 is 0 Å². The summed E-state index contributed by atoms with van der Waals surface area (Å²) in [6.45, 7) is 7.66. The summed E-state index contributed by atoms with van der Waals surface area (Å²) in [5.74, 6) is -12.1. The Morgan fingerprint density at radius 1 is 0.687 bits per heavy atom. The highest BCUT2D eigenvalue weighted by Crippen LogP contribution is 2.70. The van der Waals surface area contributed by atoms with Crippen LogP contribution in [0.4, 0.5) is 0 Å². The van der Waals surface area contributed by atoms with Gasteiger partial charge in [0.1, 0.15) is 42.0 Å². The third-order valence-corrected chi connectivity index (χ3v) is 13.3. The molecule has 19 nitrogen and oxygen atoms in total. The van der Waals surface area contributed by atoms with Crippen molar-refractivity contribution in [1.82, 2.24) is 4.98 Å². The molecular formula is C48H51NO18. The van der Waals surface area contributed by atoms with Crippen molar-refractivity contribution in [1.29, 1.82) is 0 Å². The number of cyclic esters (lactones) is 1. The number of fused-ring (bicyclic) bond motifs is 5. The highest BCUT2D eigenvalue weighted by Gasteiger charge is 2.92. The molecule has 3 heterocycles. The highest BCUT2D eigenvalue weighted by molar-refractivity contribution is 5.92. The Morgan fingerprint density at radius 2 is 1.22 bits per heavy atom. The van der Waals surface area contributed by atoms with Crippen molar-refractivity contribution < 1.29 is 86.1 Å². The number of carbonyl (C=O) groups is 8. The molecular weight excluding hydrogens is 879 g/mol. The average Bonchev–Trinajstić information content (AvgIpc) is 3.51. The van der Waals surface area contributed by atoms with Crippen molar-refractivity contribution in [3.8, 4) is 0 Å². The fraction of sp³-hybridized carbons (Fsp3) is 0.479. The van der Waals surface area contributed by atoms with E-state index < -0.39 is 138 Å². The summed E-state index contributed by atoms with van der Waals surface area (Å²) in [5, 5.41) is 13.9. The first kappa shape index (κ1) is 48.2. The molecule has 7 rings (SSSR count). The molecule has 2 aromatic carbocycles. The predicted molar refractivity (Wildman–Crippen MR) is 225 cm³/mol. The number of ether oxygens (including phenoxy) is 9. The van der Waals surface area contributed by atoms with Crippen molar-refractivity contribution in [2.45, 2.75) is 115 Å². The molecule has 67 heavy (non-hydrogen) atoms. The zero-order valence-electron chi connectivity index (χ0n) is 38.0.